The molecule has 1 N–H and O–H groups in total. The molecular formula is C29H31F3N2. The molecule has 1 fully saturated rings. The molecular weight excluding hydrogens is 433 g/mol. The van der Waals surface area contributed by atoms with Crippen molar-refractivity contribution in [3.63, 3.8) is 0 Å². The Morgan fingerprint density at radius 1 is 0.941 bits per heavy atom. The van der Waals surface area contributed by atoms with Gasteiger partial charge in [0.25, 0.3) is 0 Å². The van der Waals surface area contributed by atoms with Crippen LogP contribution in [0, 0.1) is 0 Å². The van der Waals surface area contributed by atoms with E-state index in [0.29, 0.717) is 17.0 Å². The number of piperidine rings is 1. The molecule has 0 spiro atoms. The van der Waals surface area contributed by atoms with Crippen molar-refractivity contribution in [3.8, 4) is 11.1 Å². The molecule has 178 valence electrons. The van der Waals surface area contributed by atoms with E-state index < -0.39 is 11.7 Å². The van der Waals surface area contributed by atoms with Crippen molar-refractivity contribution in [1.82, 2.24) is 9.88 Å². The van der Waals surface area contributed by atoms with Crippen LogP contribution in [0.4, 0.5) is 13.2 Å². The molecule has 5 heteroatoms. The molecule has 0 radical (unpaired) electrons. The Labute approximate surface area is 198 Å². The number of aromatic nitrogens is 1. The molecule has 1 saturated heterocycles. The summed E-state index contributed by atoms with van der Waals surface area (Å²) in [5, 5.41) is 2.00. The molecule has 4 aromatic rings. The molecule has 34 heavy (non-hydrogen) atoms. The third-order valence-corrected chi connectivity index (χ3v) is 7.27. The van der Waals surface area contributed by atoms with Crippen LogP contribution in [0.15, 0.2) is 54.6 Å². The number of fused-ring (bicyclic) bond motifs is 2. The van der Waals surface area contributed by atoms with Crippen LogP contribution in [0.25, 0.3) is 32.8 Å². The lowest BCUT2D eigenvalue weighted by molar-refractivity contribution is -0.136. The van der Waals surface area contributed by atoms with E-state index >= 15 is 0 Å². The number of aryl methyl sites for hydroxylation is 1. The smallest absolute Gasteiger partial charge is 0.358 e. The van der Waals surface area contributed by atoms with Crippen molar-refractivity contribution in [3.05, 3.63) is 71.4 Å². The number of likely N-dealkylation sites (tertiary alicyclic amines) is 1. The zero-order valence-corrected chi connectivity index (χ0v) is 19.8. The zero-order chi connectivity index (χ0) is 23.9. The fraction of sp³-hybridized carbons (Fsp3) is 0.379. The van der Waals surface area contributed by atoms with Crippen LogP contribution in [-0.2, 0) is 12.6 Å². The quantitative estimate of drug-likeness (QED) is 0.314. The van der Waals surface area contributed by atoms with Gasteiger partial charge >= 0.3 is 6.18 Å². The number of H-pyrrole nitrogens is 1. The number of hydrogen-bond acceptors (Lipinski definition) is 1. The summed E-state index contributed by atoms with van der Waals surface area (Å²) in [7, 11) is 0. The fourth-order valence-electron chi connectivity index (χ4n) is 5.68. The van der Waals surface area contributed by atoms with Gasteiger partial charge in [0.1, 0.15) is 0 Å². The molecule has 1 aliphatic heterocycles. The van der Waals surface area contributed by atoms with E-state index in [1.807, 2.05) is 18.2 Å². The van der Waals surface area contributed by atoms with Crippen molar-refractivity contribution in [2.24, 2.45) is 0 Å². The molecule has 0 saturated carbocycles. The maximum absolute atomic E-state index is 13.9. The number of rotatable bonds is 5. The largest absolute Gasteiger partial charge is 0.417 e. The van der Waals surface area contributed by atoms with Crippen LogP contribution >= 0.6 is 0 Å². The first kappa shape index (κ1) is 23.0. The van der Waals surface area contributed by atoms with Gasteiger partial charge in [-0.05, 0) is 84.1 Å². The number of benzene rings is 3. The van der Waals surface area contributed by atoms with E-state index in [-0.39, 0.29) is 5.39 Å². The summed E-state index contributed by atoms with van der Waals surface area (Å²) < 4.78 is 41.8. The highest BCUT2D eigenvalue weighted by molar-refractivity contribution is 5.94. The third-order valence-electron chi connectivity index (χ3n) is 7.27. The van der Waals surface area contributed by atoms with Crippen LogP contribution in [0.2, 0.25) is 0 Å². The van der Waals surface area contributed by atoms with Gasteiger partial charge in [0.05, 0.1) is 5.56 Å². The van der Waals surface area contributed by atoms with E-state index in [4.69, 9.17) is 0 Å². The minimum Gasteiger partial charge on any atom is -0.358 e. The van der Waals surface area contributed by atoms with E-state index in [9.17, 15) is 13.2 Å². The first-order valence-corrected chi connectivity index (χ1v) is 12.4. The van der Waals surface area contributed by atoms with Gasteiger partial charge in [0, 0.05) is 22.6 Å². The monoisotopic (exact) mass is 464 g/mol. The standard InChI is InChI=1S/C29H31F3N2/c1-3-9-26-28(27-12-7-8-15-34(27)4-2)23-17-19(13-14-25(23)33-26)21-16-20-10-5-6-11-22(20)24(18-21)29(30,31)32/h5-6,10-11,13-14,16-18,27,33H,3-4,7-9,12,15H2,1-2H3. The van der Waals surface area contributed by atoms with Crippen LogP contribution in [0.1, 0.15) is 62.4 Å². The van der Waals surface area contributed by atoms with E-state index in [1.165, 1.54) is 30.2 Å². The predicted molar refractivity (Wildman–Crippen MR) is 134 cm³/mol. The normalized spacial score (nSPS) is 17.6. The number of nitrogens with one attached hydrogen (secondary N) is 1. The SMILES string of the molecule is CCCc1[nH]c2ccc(-c3cc(C(F)(F)F)c4ccccc4c3)cc2c1C1CCCCN1CC. The molecule has 1 atom stereocenters. The second-order valence-electron chi connectivity index (χ2n) is 9.41. The minimum atomic E-state index is -4.41. The minimum absolute atomic E-state index is 0.244. The number of alkyl halides is 3. The van der Waals surface area contributed by atoms with Crippen molar-refractivity contribution in [2.45, 2.75) is 58.2 Å². The second-order valence-corrected chi connectivity index (χ2v) is 9.41. The highest BCUT2D eigenvalue weighted by atomic mass is 19.4. The Morgan fingerprint density at radius 3 is 2.53 bits per heavy atom. The van der Waals surface area contributed by atoms with Crippen LogP contribution in [0.5, 0.6) is 0 Å². The molecule has 0 bridgehead atoms. The van der Waals surface area contributed by atoms with Crippen molar-refractivity contribution >= 4 is 21.7 Å². The molecule has 3 aromatic carbocycles. The van der Waals surface area contributed by atoms with Crippen molar-refractivity contribution in [1.29, 1.82) is 0 Å². The predicted octanol–water partition coefficient (Wildman–Crippen LogP) is 8.51. The van der Waals surface area contributed by atoms with Crippen LogP contribution in [0.3, 0.4) is 0 Å². The summed E-state index contributed by atoms with van der Waals surface area (Å²) in [6, 6.07) is 16.4. The lowest BCUT2D eigenvalue weighted by atomic mass is 9.90. The van der Waals surface area contributed by atoms with Gasteiger partial charge in [0.15, 0.2) is 0 Å². The van der Waals surface area contributed by atoms with E-state index in [1.54, 1.807) is 24.3 Å². The number of aromatic amines is 1. The van der Waals surface area contributed by atoms with Crippen LogP contribution < -0.4 is 0 Å². The van der Waals surface area contributed by atoms with Gasteiger partial charge in [-0.2, -0.15) is 13.2 Å². The summed E-state index contributed by atoms with van der Waals surface area (Å²) in [5.74, 6) is 0. The van der Waals surface area contributed by atoms with E-state index in [0.717, 1.165) is 48.8 Å². The Morgan fingerprint density at radius 2 is 1.76 bits per heavy atom. The highest BCUT2D eigenvalue weighted by Gasteiger charge is 2.33. The molecule has 1 aliphatic rings. The lowest BCUT2D eigenvalue weighted by Crippen LogP contribution is -2.33. The summed E-state index contributed by atoms with van der Waals surface area (Å²) in [6.07, 6.45) is 1.16. The Balaban J connectivity index is 1.70. The number of hydrogen-bond donors (Lipinski definition) is 1. The van der Waals surface area contributed by atoms with Gasteiger partial charge < -0.3 is 4.98 Å². The Kier molecular flexibility index (Phi) is 6.15. The second kappa shape index (κ2) is 9.10. The van der Waals surface area contributed by atoms with Crippen molar-refractivity contribution in [2.75, 3.05) is 13.1 Å². The maximum Gasteiger partial charge on any atom is 0.417 e. The van der Waals surface area contributed by atoms with Gasteiger partial charge in [-0.1, -0.05) is 57.0 Å². The average Bonchev–Trinajstić information content (AvgIpc) is 3.19. The summed E-state index contributed by atoms with van der Waals surface area (Å²) in [4.78, 5) is 6.20. The molecule has 0 aliphatic carbocycles. The molecule has 5 rings (SSSR count). The summed E-state index contributed by atoms with van der Waals surface area (Å²) >= 11 is 0. The van der Waals surface area contributed by atoms with Gasteiger partial charge in [-0.15, -0.1) is 0 Å². The maximum atomic E-state index is 13.9. The third kappa shape index (κ3) is 4.11. The fourth-order valence-corrected chi connectivity index (χ4v) is 5.68. The Hall–Kier alpha value is -2.79. The molecule has 0 amide bonds. The summed E-state index contributed by atoms with van der Waals surface area (Å²) in [5.41, 5.74) is 4.54. The molecule has 2 nitrogen and oxygen atoms in total. The zero-order valence-electron chi connectivity index (χ0n) is 19.8. The van der Waals surface area contributed by atoms with Gasteiger partial charge in [-0.3, -0.25) is 4.90 Å². The highest BCUT2D eigenvalue weighted by Crippen LogP contribution is 2.41. The van der Waals surface area contributed by atoms with Gasteiger partial charge in [-0.25, -0.2) is 0 Å². The topological polar surface area (TPSA) is 19.0 Å². The van der Waals surface area contributed by atoms with Crippen molar-refractivity contribution < 1.29 is 13.2 Å². The van der Waals surface area contributed by atoms with Gasteiger partial charge in [0.2, 0.25) is 0 Å². The number of halogens is 3. The first-order valence-electron chi connectivity index (χ1n) is 12.4. The van der Waals surface area contributed by atoms with E-state index in [2.05, 4.69) is 29.8 Å². The molecule has 1 aromatic heterocycles. The van der Waals surface area contributed by atoms with Crippen LogP contribution in [-0.4, -0.2) is 23.0 Å². The number of nitrogens with zero attached hydrogens (tertiary/aromatic N) is 1. The molecule has 1 unspecified atom stereocenters. The average molecular weight is 465 g/mol. The summed E-state index contributed by atoms with van der Waals surface area (Å²) in [6.45, 7) is 6.50. The first-order chi connectivity index (χ1) is 16.4. The lowest BCUT2D eigenvalue weighted by Gasteiger charge is -2.35. The Bertz CT molecular complexity index is 1320. The molecule has 2 heterocycles.